The lowest BCUT2D eigenvalue weighted by Crippen LogP contribution is -2.36. The van der Waals surface area contributed by atoms with Crippen molar-refractivity contribution in [1.29, 1.82) is 0 Å². The Kier molecular flexibility index (Phi) is 4.38. The van der Waals surface area contributed by atoms with Gasteiger partial charge in [0.2, 0.25) is 0 Å². The zero-order chi connectivity index (χ0) is 13.0. The molecule has 1 aromatic rings. The van der Waals surface area contributed by atoms with Crippen LogP contribution in [0.1, 0.15) is 5.56 Å². The number of benzene rings is 1. The second-order valence-electron chi connectivity index (χ2n) is 3.97. The van der Waals surface area contributed by atoms with E-state index in [9.17, 15) is 4.79 Å². The van der Waals surface area contributed by atoms with Crippen LogP contribution in [0.3, 0.4) is 0 Å². The molecule has 1 fully saturated rings. The van der Waals surface area contributed by atoms with Gasteiger partial charge in [-0.2, -0.15) is 0 Å². The maximum Gasteiger partial charge on any atom is 0.328 e. The van der Waals surface area contributed by atoms with Crippen LogP contribution >= 0.6 is 15.9 Å². The number of morpholine rings is 1. The van der Waals surface area contributed by atoms with E-state index in [0.717, 1.165) is 34.9 Å². The van der Waals surface area contributed by atoms with E-state index in [4.69, 9.17) is 9.84 Å². The van der Waals surface area contributed by atoms with E-state index < -0.39 is 5.97 Å². The van der Waals surface area contributed by atoms with Crippen molar-refractivity contribution in [2.75, 3.05) is 31.2 Å². The molecule has 1 heterocycles. The van der Waals surface area contributed by atoms with E-state index in [1.54, 1.807) is 6.08 Å². The lowest BCUT2D eigenvalue weighted by Gasteiger charge is -2.30. The first-order valence-electron chi connectivity index (χ1n) is 5.70. The van der Waals surface area contributed by atoms with Crippen LogP contribution < -0.4 is 4.90 Å². The van der Waals surface area contributed by atoms with Crippen LogP contribution in [0.2, 0.25) is 0 Å². The Morgan fingerprint density at radius 1 is 1.39 bits per heavy atom. The van der Waals surface area contributed by atoms with Gasteiger partial charge in [-0.05, 0) is 29.8 Å². The third-order valence-corrected chi connectivity index (χ3v) is 3.24. The summed E-state index contributed by atoms with van der Waals surface area (Å²) in [5.74, 6) is -0.942. The number of anilines is 1. The zero-order valence-corrected chi connectivity index (χ0v) is 11.4. The zero-order valence-electron chi connectivity index (χ0n) is 9.80. The fourth-order valence-corrected chi connectivity index (χ4v) is 2.29. The lowest BCUT2D eigenvalue weighted by atomic mass is 10.1. The summed E-state index contributed by atoms with van der Waals surface area (Å²) in [4.78, 5) is 12.8. The standard InChI is InChI=1S/C13H14BrNO3/c14-11-2-3-12(15-5-7-18-8-6-15)10(9-11)1-4-13(16)17/h1-4,9H,5-8H2,(H,16,17). The number of halogens is 1. The van der Waals surface area contributed by atoms with Crippen molar-refractivity contribution in [3.8, 4) is 0 Å². The first-order valence-corrected chi connectivity index (χ1v) is 6.49. The van der Waals surface area contributed by atoms with Gasteiger partial charge >= 0.3 is 5.97 Å². The molecule has 4 nitrogen and oxygen atoms in total. The number of carboxylic acid groups (broad SMARTS) is 1. The summed E-state index contributed by atoms with van der Waals surface area (Å²) in [6.07, 6.45) is 2.78. The van der Waals surface area contributed by atoms with Gasteiger partial charge in [0.15, 0.2) is 0 Å². The maximum atomic E-state index is 10.6. The summed E-state index contributed by atoms with van der Waals surface area (Å²) in [5, 5.41) is 8.71. The van der Waals surface area contributed by atoms with Crippen LogP contribution in [0.15, 0.2) is 28.7 Å². The molecule has 1 saturated heterocycles. The normalized spacial score (nSPS) is 16.2. The summed E-state index contributed by atoms with van der Waals surface area (Å²) in [5.41, 5.74) is 1.94. The predicted octanol–water partition coefficient (Wildman–Crippen LogP) is 2.38. The highest BCUT2D eigenvalue weighted by atomic mass is 79.9. The first-order chi connectivity index (χ1) is 8.66. The largest absolute Gasteiger partial charge is 0.478 e. The van der Waals surface area contributed by atoms with E-state index in [2.05, 4.69) is 20.8 Å². The molecule has 0 aromatic heterocycles. The van der Waals surface area contributed by atoms with Crippen LogP contribution in [0.4, 0.5) is 5.69 Å². The fraction of sp³-hybridized carbons (Fsp3) is 0.308. The number of rotatable bonds is 3. The van der Waals surface area contributed by atoms with E-state index in [1.165, 1.54) is 0 Å². The van der Waals surface area contributed by atoms with Gasteiger partial charge in [0.25, 0.3) is 0 Å². The van der Waals surface area contributed by atoms with Gasteiger partial charge in [-0.25, -0.2) is 4.79 Å². The molecule has 0 atom stereocenters. The SMILES string of the molecule is O=C(O)C=Cc1cc(Br)ccc1N1CCOCC1. The molecule has 0 radical (unpaired) electrons. The average molecular weight is 312 g/mol. The minimum Gasteiger partial charge on any atom is -0.478 e. The lowest BCUT2D eigenvalue weighted by molar-refractivity contribution is -0.131. The van der Waals surface area contributed by atoms with Crippen molar-refractivity contribution in [3.63, 3.8) is 0 Å². The summed E-state index contributed by atoms with van der Waals surface area (Å²) in [6, 6.07) is 5.88. The van der Waals surface area contributed by atoms with Crippen molar-refractivity contribution < 1.29 is 14.6 Å². The van der Waals surface area contributed by atoms with Crippen LogP contribution in [0, 0.1) is 0 Å². The minimum absolute atomic E-state index is 0.706. The number of hydrogen-bond acceptors (Lipinski definition) is 3. The van der Waals surface area contributed by atoms with E-state index >= 15 is 0 Å². The highest BCUT2D eigenvalue weighted by Gasteiger charge is 2.13. The molecule has 0 spiro atoms. The Morgan fingerprint density at radius 3 is 2.78 bits per heavy atom. The molecule has 0 aliphatic carbocycles. The Bertz CT molecular complexity index is 467. The van der Waals surface area contributed by atoms with Crippen LogP contribution in [-0.2, 0) is 9.53 Å². The molecule has 18 heavy (non-hydrogen) atoms. The summed E-state index contributed by atoms with van der Waals surface area (Å²) < 4.78 is 6.25. The molecule has 1 N–H and O–H groups in total. The molecule has 0 unspecified atom stereocenters. The molecular formula is C13H14BrNO3. The van der Waals surface area contributed by atoms with Gasteiger partial charge in [-0.15, -0.1) is 0 Å². The van der Waals surface area contributed by atoms with Crippen molar-refractivity contribution in [1.82, 2.24) is 0 Å². The molecule has 1 aliphatic rings. The first kappa shape index (κ1) is 13.1. The van der Waals surface area contributed by atoms with Crippen LogP contribution in [0.5, 0.6) is 0 Å². The molecular weight excluding hydrogens is 298 g/mol. The fourth-order valence-electron chi connectivity index (χ4n) is 1.91. The van der Waals surface area contributed by atoms with E-state index in [-0.39, 0.29) is 0 Å². The quantitative estimate of drug-likeness (QED) is 0.871. The highest BCUT2D eigenvalue weighted by molar-refractivity contribution is 9.10. The van der Waals surface area contributed by atoms with Gasteiger partial charge in [-0.1, -0.05) is 15.9 Å². The van der Waals surface area contributed by atoms with Gasteiger partial charge in [0.05, 0.1) is 13.2 Å². The number of carboxylic acids is 1. The van der Waals surface area contributed by atoms with Gasteiger partial charge in [-0.3, -0.25) is 0 Å². The number of aliphatic carboxylic acids is 1. The van der Waals surface area contributed by atoms with Gasteiger partial charge in [0, 0.05) is 29.3 Å². The topological polar surface area (TPSA) is 49.8 Å². The Hall–Kier alpha value is -1.33. The highest BCUT2D eigenvalue weighted by Crippen LogP contribution is 2.26. The predicted molar refractivity (Wildman–Crippen MR) is 73.8 cm³/mol. The molecule has 0 bridgehead atoms. The number of ether oxygens (including phenoxy) is 1. The average Bonchev–Trinajstić information content (AvgIpc) is 2.37. The van der Waals surface area contributed by atoms with E-state index in [1.807, 2.05) is 18.2 Å². The Labute approximate surface area is 114 Å². The minimum atomic E-state index is -0.942. The van der Waals surface area contributed by atoms with Crippen molar-refractivity contribution in [2.45, 2.75) is 0 Å². The second-order valence-corrected chi connectivity index (χ2v) is 4.89. The summed E-state index contributed by atoms with van der Waals surface area (Å²) >= 11 is 3.40. The van der Waals surface area contributed by atoms with Gasteiger partial charge in [0.1, 0.15) is 0 Å². The van der Waals surface area contributed by atoms with Crippen LogP contribution in [0.25, 0.3) is 6.08 Å². The molecule has 2 rings (SSSR count). The summed E-state index contributed by atoms with van der Waals surface area (Å²) in [7, 11) is 0. The van der Waals surface area contributed by atoms with Crippen molar-refractivity contribution in [2.24, 2.45) is 0 Å². The smallest absolute Gasteiger partial charge is 0.328 e. The van der Waals surface area contributed by atoms with Crippen LogP contribution in [-0.4, -0.2) is 37.4 Å². The van der Waals surface area contributed by atoms with Crippen molar-refractivity contribution >= 4 is 33.7 Å². The monoisotopic (exact) mass is 311 g/mol. The molecule has 1 aliphatic heterocycles. The van der Waals surface area contributed by atoms with Gasteiger partial charge < -0.3 is 14.7 Å². The second kappa shape index (κ2) is 6.02. The molecule has 0 amide bonds. The van der Waals surface area contributed by atoms with Crippen molar-refractivity contribution in [3.05, 3.63) is 34.3 Å². The number of carbonyl (C=O) groups is 1. The number of hydrogen-bond donors (Lipinski definition) is 1. The Balaban J connectivity index is 2.30. The number of nitrogens with zero attached hydrogens (tertiary/aromatic N) is 1. The molecule has 0 saturated carbocycles. The molecule has 1 aromatic carbocycles. The molecule has 5 heteroatoms. The summed E-state index contributed by atoms with van der Waals surface area (Å²) in [6.45, 7) is 3.07. The van der Waals surface area contributed by atoms with E-state index in [0.29, 0.717) is 13.2 Å². The maximum absolute atomic E-state index is 10.6. The third-order valence-electron chi connectivity index (χ3n) is 2.75. The Morgan fingerprint density at radius 2 is 2.11 bits per heavy atom. The molecule has 96 valence electrons. The third kappa shape index (κ3) is 3.34.